The smallest absolute Gasteiger partial charge is 0.870 e. The molecule has 4 aliphatic rings. The number of nitrogens with zero attached hydrogens (tertiary/aromatic N) is 3. The van der Waals surface area contributed by atoms with Gasteiger partial charge in [-0.1, -0.05) is 48.0 Å². The third-order valence-electron chi connectivity index (χ3n) is 23.8. The molecule has 3 amide bonds. The third kappa shape index (κ3) is 25.5. The van der Waals surface area contributed by atoms with Gasteiger partial charge in [-0.25, -0.2) is 40.7 Å². The summed E-state index contributed by atoms with van der Waals surface area (Å²) in [4.78, 5) is 114. The van der Waals surface area contributed by atoms with Crippen LogP contribution in [-0.4, -0.2) is 154 Å². The number of halogens is 7. The van der Waals surface area contributed by atoms with Gasteiger partial charge in [0.1, 0.15) is 92.0 Å². The number of methoxy groups -OCH3 is 2. The zero-order chi connectivity index (χ0) is 97.3. The number of rotatable bonds is 24. The van der Waals surface area contributed by atoms with E-state index in [0.717, 1.165) is 111 Å². The fourth-order valence-electron chi connectivity index (χ4n) is 16.1. The van der Waals surface area contributed by atoms with Crippen molar-refractivity contribution in [3.63, 3.8) is 0 Å². The SMILES string of the molecule is COC(=O)[C@H](Cc1ccc(-c2c(C)cc(C)n(C)c2=O)c2c1CCCO2)NC(=O)c1c(F)cc(NC(C)C)cc1F.COC(=O)[C@H](Cc1ccc(B2OC(C)(C)C(C)(C)O2)c2c1CCCO2)NC(=O)c1c(F)cc(NC(C)C)cc1F.Cc1cc(C)n(C)c(=O)c1-c1ccc(C[C@H](NC(=O)c2c(F)cc(NC(C)C)cc2F)C(=O)O)c2c1OCCC2.Cc1cc(C)n(C)c(=O)c1Cl.O.[Li+].[OH-]. The van der Waals surface area contributed by atoms with Crippen LogP contribution < -0.4 is 87.1 Å². The van der Waals surface area contributed by atoms with Crippen molar-refractivity contribution in [2.24, 2.45) is 21.1 Å². The number of hydrogen-bond donors (Lipinski definition) is 7. The predicted molar refractivity (Wildman–Crippen MR) is 500 cm³/mol. The van der Waals surface area contributed by atoms with Gasteiger partial charge < -0.3 is 94.7 Å². The topological polar surface area (TPSA) is 387 Å². The van der Waals surface area contributed by atoms with Gasteiger partial charge >= 0.3 is 43.9 Å². The van der Waals surface area contributed by atoms with Crippen molar-refractivity contribution < 1.29 is 123 Å². The number of pyridine rings is 3. The van der Waals surface area contributed by atoms with Crippen LogP contribution in [0.4, 0.5) is 43.4 Å². The molecule has 4 aliphatic heterocycles. The standard InChI is InChI=1S/C31H35F2N3O5.C30H33F2N3O5.C29H37BF2N2O6.C8H10ClNO.Li.2H2O/c1-16(2)34-20-14-23(32)27(24(33)15-20)29(37)35-25(31(39)40-6)13-19-9-10-22(28-21(19)8-7-11-41-28)26-17(3)12-18(4)36(5)30(26)38;1-15(2)33-19-13-22(31)26(23(32)14-19)28(36)34-24(30(38)39)12-18-8-9-21(27-20(18)7-6-10-40-27)25-16(3)11-17(4)35(5)29(25)37;1-16(2)33-18-14-21(31)24(22(32)15-18)26(35)34-23(27(36)37-7)13-17-10-11-20(25-19(17)9-8-12-38-25)30-39-28(3,4)29(5,6)40-30;1-5-4-6(2)10(3)8(11)7(5)9;;;/h9-10,12,14-16,25,34H,7-8,11,13H2,1-6H3,(H,35,37);8-9,11,13-15,24,33H,6-7,10,12H2,1-5H3,(H,34,36)(H,38,39);10-11,14-16,23,33H,8-9,12-13H2,1-7H3,(H,34,35);4H,1-3H3;;2*1H2/q;;;;+1;;/p-1/t25-;24-;23-;;;;/m000..../s1. The Bertz CT molecular complexity index is 6030. The molecule has 0 bridgehead atoms. The quantitative estimate of drug-likeness (QED) is 0.0168. The molecule has 3 aromatic heterocycles. The first kappa shape index (κ1) is 110. The van der Waals surface area contributed by atoms with Crippen molar-refractivity contribution in [3.8, 4) is 39.5 Å². The minimum Gasteiger partial charge on any atom is -0.870 e. The maximum Gasteiger partial charge on any atom is 1.00 e. The predicted octanol–water partition coefficient (Wildman–Crippen LogP) is 10.7. The average molecular weight is 1890 g/mol. The first-order chi connectivity index (χ1) is 62.1. The number of aromatic nitrogens is 3. The van der Waals surface area contributed by atoms with Gasteiger partial charge in [0.25, 0.3) is 34.4 Å². The summed E-state index contributed by atoms with van der Waals surface area (Å²) in [5, 5.41) is 26.1. The Kier molecular flexibility index (Phi) is 38.0. The van der Waals surface area contributed by atoms with Crippen LogP contribution in [0.2, 0.25) is 5.02 Å². The number of hydrogen-bond acceptors (Lipinski definition) is 20. The minimum absolute atomic E-state index is 0. The van der Waals surface area contributed by atoms with Crippen molar-refractivity contribution in [3.05, 3.63) is 246 Å². The Labute approximate surface area is 797 Å². The number of carbonyl (C=O) groups is 6. The number of carboxylic acid groups (broad SMARTS) is 1. The van der Waals surface area contributed by atoms with Crippen LogP contribution in [0.15, 0.2) is 105 Å². The van der Waals surface area contributed by atoms with Gasteiger partial charge in [-0.3, -0.25) is 28.8 Å². The molecule has 0 spiro atoms. The van der Waals surface area contributed by atoms with E-state index in [0.29, 0.717) is 101 Å². The Morgan fingerprint density at radius 1 is 0.459 bits per heavy atom. The maximum atomic E-state index is 14.8. The maximum absolute atomic E-state index is 14.8. The number of ether oxygens (including phenoxy) is 5. The van der Waals surface area contributed by atoms with Crippen molar-refractivity contribution in [2.45, 2.75) is 216 Å². The number of carbonyl (C=O) groups excluding carboxylic acids is 5. The number of carboxylic acids is 1. The molecular weight excluding hydrogens is 1770 g/mol. The van der Waals surface area contributed by atoms with Gasteiger partial charge in [-0.2, -0.15) is 0 Å². The number of esters is 2. The van der Waals surface area contributed by atoms with E-state index >= 15 is 0 Å². The van der Waals surface area contributed by atoms with E-state index in [1.165, 1.54) is 18.8 Å². The molecule has 10 N–H and O–H groups in total. The van der Waals surface area contributed by atoms with Crippen molar-refractivity contribution in [1.82, 2.24) is 29.7 Å². The van der Waals surface area contributed by atoms with Crippen LogP contribution in [0.5, 0.6) is 17.2 Å². The van der Waals surface area contributed by atoms with E-state index in [1.807, 2.05) is 127 Å². The van der Waals surface area contributed by atoms with Gasteiger partial charge in [0, 0.05) is 109 Å². The Morgan fingerprint density at radius 2 is 0.748 bits per heavy atom. The van der Waals surface area contributed by atoms with Gasteiger partial charge in [-0.05, 0) is 254 Å². The van der Waals surface area contributed by atoms with Gasteiger partial charge in [0.15, 0.2) is 0 Å². The van der Waals surface area contributed by atoms with E-state index in [4.69, 9.17) is 44.6 Å². The molecular formula is C98H118BClF6LiN9O19. The summed E-state index contributed by atoms with van der Waals surface area (Å²) in [7, 11) is 6.85. The number of nitrogens with one attached hydrogen (secondary N) is 6. The normalized spacial score (nSPS) is 14.2. The molecule has 0 radical (unpaired) electrons. The first-order valence-corrected chi connectivity index (χ1v) is 43.9. The largest absolute Gasteiger partial charge is 1.00 e. The number of fused-ring (bicyclic) bond motifs is 3. The summed E-state index contributed by atoms with van der Waals surface area (Å²) in [5.41, 5.74) is 9.15. The third-order valence-corrected chi connectivity index (χ3v) is 24.2. The molecule has 3 atom stereocenters. The van der Waals surface area contributed by atoms with Crippen molar-refractivity contribution in [2.75, 3.05) is 50.0 Å². The second-order valence-corrected chi connectivity index (χ2v) is 35.6. The molecule has 135 heavy (non-hydrogen) atoms. The molecule has 0 unspecified atom stereocenters. The fraction of sp³-hybridized carbons (Fsp3) is 0.418. The number of benzene rings is 6. The summed E-state index contributed by atoms with van der Waals surface area (Å²) >= 11 is 5.72. The first-order valence-electron chi connectivity index (χ1n) is 43.5. The molecule has 13 rings (SSSR count). The van der Waals surface area contributed by atoms with Crippen molar-refractivity contribution in [1.29, 1.82) is 0 Å². The molecule has 6 aromatic carbocycles. The summed E-state index contributed by atoms with van der Waals surface area (Å²) in [6.45, 7) is 31.3. The van der Waals surface area contributed by atoms with E-state index in [1.54, 1.807) is 68.4 Å². The summed E-state index contributed by atoms with van der Waals surface area (Å²) in [5.74, 6) is -10.9. The van der Waals surface area contributed by atoms with Gasteiger partial charge in [0.2, 0.25) is 0 Å². The molecule has 1 saturated heterocycles. The second kappa shape index (κ2) is 46.6. The second-order valence-electron chi connectivity index (χ2n) is 35.2. The number of anilines is 3. The van der Waals surface area contributed by atoms with E-state index in [-0.39, 0.29) is 101 Å². The Hall–Kier alpha value is -11.8. The van der Waals surface area contributed by atoms with E-state index in [9.17, 15) is 74.6 Å². The van der Waals surface area contributed by atoms with E-state index < -0.39 is 124 Å². The van der Waals surface area contributed by atoms with Crippen LogP contribution in [0.25, 0.3) is 22.3 Å². The molecule has 1 fully saturated rings. The monoisotopic (exact) mass is 1890 g/mol. The zero-order valence-electron chi connectivity index (χ0n) is 80.1. The van der Waals surface area contributed by atoms with Gasteiger partial charge in [0.05, 0.1) is 56.4 Å². The number of amides is 3. The minimum atomic E-state index is -1.47. The Balaban J connectivity index is 0.000000258. The number of aliphatic carboxylic acids is 1. The number of aryl methyl sites for hydroxylation is 6. The van der Waals surface area contributed by atoms with Crippen LogP contribution in [0, 0.1) is 76.4 Å². The molecule has 7 heterocycles. The van der Waals surface area contributed by atoms with Crippen LogP contribution in [-0.2, 0) is 92.8 Å². The fourth-order valence-corrected chi connectivity index (χ4v) is 16.3. The summed E-state index contributed by atoms with van der Waals surface area (Å²) < 4.78 is 134. The molecule has 722 valence electrons. The molecule has 9 aromatic rings. The molecule has 0 aliphatic carbocycles. The summed E-state index contributed by atoms with van der Waals surface area (Å²) in [6.07, 6.45) is 3.92. The van der Waals surface area contributed by atoms with E-state index in [2.05, 4.69) is 31.9 Å². The van der Waals surface area contributed by atoms with Crippen LogP contribution in [0.3, 0.4) is 0 Å². The molecule has 28 nitrogen and oxygen atoms in total. The van der Waals surface area contributed by atoms with Crippen molar-refractivity contribution >= 4 is 76.9 Å². The van der Waals surface area contributed by atoms with Gasteiger partial charge in [-0.15, -0.1) is 0 Å². The Morgan fingerprint density at radius 3 is 1.07 bits per heavy atom. The zero-order valence-corrected chi connectivity index (χ0v) is 80.9. The summed E-state index contributed by atoms with van der Waals surface area (Å²) in [6, 6.07) is 18.5. The van der Waals surface area contributed by atoms with Crippen LogP contribution >= 0.6 is 11.6 Å². The average Bonchev–Trinajstić information content (AvgIpc) is 0.784. The molecule has 37 heteroatoms. The van der Waals surface area contributed by atoms with Crippen LogP contribution in [0.1, 0.15) is 187 Å². The molecule has 0 saturated carbocycles.